The Morgan fingerprint density at radius 1 is 1.04 bits per heavy atom. The lowest BCUT2D eigenvalue weighted by molar-refractivity contribution is 0.102. The number of aryl methyl sites for hydroxylation is 1. The van der Waals surface area contributed by atoms with Crippen LogP contribution in [0.15, 0.2) is 54.7 Å². The lowest BCUT2D eigenvalue weighted by Gasteiger charge is -2.11. The van der Waals surface area contributed by atoms with E-state index in [1.807, 2.05) is 24.3 Å². The van der Waals surface area contributed by atoms with Crippen molar-refractivity contribution in [1.82, 2.24) is 4.98 Å². The van der Waals surface area contributed by atoms with Crippen LogP contribution >= 0.6 is 0 Å². The minimum absolute atomic E-state index is 0.180. The summed E-state index contributed by atoms with van der Waals surface area (Å²) in [6.45, 7) is 4.32. The fourth-order valence-corrected chi connectivity index (χ4v) is 2.81. The molecule has 27 heavy (non-hydrogen) atoms. The smallest absolute Gasteiger partial charge is 0.255 e. The van der Waals surface area contributed by atoms with E-state index in [0.717, 1.165) is 5.69 Å². The molecule has 0 saturated heterocycles. The van der Waals surface area contributed by atoms with Gasteiger partial charge in [-0.25, -0.2) is 4.98 Å². The summed E-state index contributed by atoms with van der Waals surface area (Å²) in [7, 11) is 0. The van der Waals surface area contributed by atoms with Gasteiger partial charge in [-0.15, -0.1) is 0 Å². The van der Waals surface area contributed by atoms with Crippen molar-refractivity contribution in [2.45, 2.75) is 13.8 Å². The molecule has 0 aliphatic carbocycles. The molecule has 1 amide bonds. The van der Waals surface area contributed by atoms with Crippen molar-refractivity contribution in [3.8, 4) is 11.5 Å². The molecule has 0 spiro atoms. The first-order valence-corrected chi connectivity index (χ1v) is 8.60. The SMILES string of the molecule is Cc1cccc(Nc2ccc(NC(=O)c3ccc4c(c3)OCO4)cn2)c1C. The van der Waals surface area contributed by atoms with Crippen LogP contribution in [0.4, 0.5) is 17.2 Å². The van der Waals surface area contributed by atoms with Crippen LogP contribution in [0.3, 0.4) is 0 Å². The van der Waals surface area contributed by atoms with Gasteiger partial charge in [0.05, 0.1) is 11.9 Å². The first kappa shape index (κ1) is 16.9. The maximum Gasteiger partial charge on any atom is 0.255 e. The fraction of sp³-hybridized carbons (Fsp3) is 0.143. The van der Waals surface area contributed by atoms with Crippen LogP contribution in [0.1, 0.15) is 21.5 Å². The van der Waals surface area contributed by atoms with E-state index in [2.05, 4.69) is 35.5 Å². The van der Waals surface area contributed by atoms with E-state index in [9.17, 15) is 4.79 Å². The Bertz CT molecular complexity index is 1000. The predicted molar refractivity (Wildman–Crippen MR) is 104 cm³/mol. The van der Waals surface area contributed by atoms with Gasteiger partial charge in [0, 0.05) is 11.3 Å². The van der Waals surface area contributed by atoms with Gasteiger partial charge >= 0.3 is 0 Å². The van der Waals surface area contributed by atoms with Gasteiger partial charge in [0.2, 0.25) is 6.79 Å². The van der Waals surface area contributed by atoms with Gasteiger partial charge in [0.1, 0.15) is 5.82 Å². The summed E-state index contributed by atoms with van der Waals surface area (Å²) in [4.78, 5) is 16.8. The molecule has 136 valence electrons. The van der Waals surface area contributed by atoms with Gasteiger partial charge in [0.15, 0.2) is 11.5 Å². The highest BCUT2D eigenvalue weighted by atomic mass is 16.7. The number of carbonyl (C=O) groups is 1. The lowest BCUT2D eigenvalue weighted by Crippen LogP contribution is -2.12. The van der Waals surface area contributed by atoms with Crippen molar-refractivity contribution in [2.24, 2.45) is 0 Å². The average molecular weight is 361 g/mol. The van der Waals surface area contributed by atoms with Crippen LogP contribution in [-0.2, 0) is 0 Å². The topological polar surface area (TPSA) is 72.5 Å². The third-order valence-corrected chi connectivity index (χ3v) is 4.52. The molecule has 4 rings (SSSR count). The maximum absolute atomic E-state index is 12.4. The Morgan fingerprint density at radius 2 is 1.89 bits per heavy atom. The standard InChI is InChI=1S/C21H19N3O3/c1-13-4-3-5-17(14(13)2)24-20-9-7-16(11-22-20)23-21(25)15-6-8-18-19(10-15)27-12-26-18/h3-11H,12H2,1-2H3,(H,22,24)(H,23,25). The van der Waals surface area contributed by atoms with Crippen LogP contribution in [0, 0.1) is 13.8 Å². The zero-order valence-corrected chi connectivity index (χ0v) is 15.1. The molecule has 3 aromatic rings. The van der Waals surface area contributed by atoms with Crippen molar-refractivity contribution in [1.29, 1.82) is 0 Å². The minimum Gasteiger partial charge on any atom is -0.454 e. The number of hydrogen-bond acceptors (Lipinski definition) is 5. The van der Waals surface area contributed by atoms with Crippen molar-refractivity contribution in [2.75, 3.05) is 17.4 Å². The molecular weight excluding hydrogens is 342 g/mol. The van der Waals surface area contributed by atoms with Gasteiger partial charge in [-0.1, -0.05) is 12.1 Å². The monoisotopic (exact) mass is 361 g/mol. The summed E-state index contributed by atoms with van der Waals surface area (Å²) in [6, 6.07) is 14.8. The summed E-state index contributed by atoms with van der Waals surface area (Å²) in [5.41, 5.74) is 4.52. The van der Waals surface area contributed by atoms with E-state index in [4.69, 9.17) is 9.47 Å². The fourth-order valence-electron chi connectivity index (χ4n) is 2.81. The molecule has 0 bridgehead atoms. The number of nitrogens with one attached hydrogen (secondary N) is 2. The molecule has 2 N–H and O–H groups in total. The largest absolute Gasteiger partial charge is 0.454 e. The van der Waals surface area contributed by atoms with Crippen molar-refractivity contribution in [3.05, 3.63) is 71.4 Å². The van der Waals surface area contributed by atoms with Crippen LogP contribution in [0.2, 0.25) is 0 Å². The molecule has 1 aromatic heterocycles. The van der Waals surface area contributed by atoms with Gasteiger partial charge in [0.25, 0.3) is 5.91 Å². The third kappa shape index (κ3) is 3.55. The van der Waals surface area contributed by atoms with E-state index in [1.54, 1.807) is 24.4 Å². The maximum atomic E-state index is 12.4. The number of anilines is 3. The molecule has 6 nitrogen and oxygen atoms in total. The number of ether oxygens (including phenoxy) is 2. The second kappa shape index (κ2) is 6.99. The number of pyridine rings is 1. The normalized spacial score (nSPS) is 11.9. The number of rotatable bonds is 4. The minimum atomic E-state index is -0.231. The second-order valence-corrected chi connectivity index (χ2v) is 6.33. The highest BCUT2D eigenvalue weighted by molar-refractivity contribution is 6.04. The first-order valence-electron chi connectivity index (χ1n) is 8.60. The molecule has 1 aliphatic rings. The molecule has 0 saturated carbocycles. The third-order valence-electron chi connectivity index (χ3n) is 4.52. The molecule has 1 aliphatic heterocycles. The number of benzene rings is 2. The summed E-state index contributed by atoms with van der Waals surface area (Å²) >= 11 is 0. The molecular formula is C21H19N3O3. The number of carbonyl (C=O) groups excluding carboxylic acids is 1. The molecule has 2 heterocycles. The van der Waals surface area contributed by atoms with Crippen LogP contribution in [0.25, 0.3) is 0 Å². The van der Waals surface area contributed by atoms with E-state index in [0.29, 0.717) is 28.6 Å². The van der Waals surface area contributed by atoms with Gasteiger partial charge in [-0.3, -0.25) is 4.79 Å². The molecule has 0 unspecified atom stereocenters. The van der Waals surface area contributed by atoms with Crippen molar-refractivity contribution >= 4 is 23.1 Å². The summed E-state index contributed by atoms with van der Waals surface area (Å²) in [5.74, 6) is 1.71. The molecule has 6 heteroatoms. The number of aromatic nitrogens is 1. The second-order valence-electron chi connectivity index (χ2n) is 6.33. The molecule has 0 fully saturated rings. The number of nitrogens with zero attached hydrogens (tertiary/aromatic N) is 1. The van der Waals surface area contributed by atoms with Crippen LogP contribution in [-0.4, -0.2) is 17.7 Å². The van der Waals surface area contributed by atoms with E-state index in [-0.39, 0.29) is 12.7 Å². The quantitative estimate of drug-likeness (QED) is 0.719. The summed E-state index contributed by atoms with van der Waals surface area (Å²) in [5, 5.41) is 6.13. The van der Waals surface area contributed by atoms with Crippen LogP contribution < -0.4 is 20.1 Å². The van der Waals surface area contributed by atoms with Gasteiger partial charge in [-0.2, -0.15) is 0 Å². The van der Waals surface area contributed by atoms with E-state index < -0.39 is 0 Å². The Balaban J connectivity index is 1.44. The highest BCUT2D eigenvalue weighted by Gasteiger charge is 2.16. The van der Waals surface area contributed by atoms with Crippen molar-refractivity contribution < 1.29 is 14.3 Å². The van der Waals surface area contributed by atoms with Gasteiger partial charge in [-0.05, 0) is 61.4 Å². The Labute approximate surface area is 157 Å². The molecule has 0 radical (unpaired) electrons. The summed E-state index contributed by atoms with van der Waals surface area (Å²) in [6.07, 6.45) is 1.62. The van der Waals surface area contributed by atoms with Crippen LogP contribution in [0.5, 0.6) is 11.5 Å². The first-order chi connectivity index (χ1) is 13.1. The van der Waals surface area contributed by atoms with Gasteiger partial charge < -0.3 is 20.1 Å². The zero-order chi connectivity index (χ0) is 18.8. The van der Waals surface area contributed by atoms with E-state index >= 15 is 0 Å². The van der Waals surface area contributed by atoms with E-state index in [1.165, 1.54) is 11.1 Å². The Morgan fingerprint density at radius 3 is 2.70 bits per heavy atom. The lowest BCUT2D eigenvalue weighted by atomic mass is 10.1. The zero-order valence-electron chi connectivity index (χ0n) is 15.1. The Hall–Kier alpha value is -3.54. The number of hydrogen-bond donors (Lipinski definition) is 2. The molecule has 2 aromatic carbocycles. The number of fused-ring (bicyclic) bond motifs is 1. The molecule has 0 atom stereocenters. The summed E-state index contributed by atoms with van der Waals surface area (Å²) < 4.78 is 10.6. The predicted octanol–water partition coefficient (Wildman–Crippen LogP) is 4.42. The number of amides is 1. The average Bonchev–Trinajstić information content (AvgIpc) is 3.15. The van der Waals surface area contributed by atoms with Crippen molar-refractivity contribution in [3.63, 3.8) is 0 Å². The Kier molecular flexibility index (Phi) is 4.38. The highest BCUT2D eigenvalue weighted by Crippen LogP contribution is 2.32.